The summed E-state index contributed by atoms with van der Waals surface area (Å²) in [4.78, 5) is 0. The summed E-state index contributed by atoms with van der Waals surface area (Å²) in [7, 11) is 0. The van der Waals surface area contributed by atoms with E-state index >= 15 is 0 Å². The van der Waals surface area contributed by atoms with Crippen LogP contribution < -0.4 is 0 Å². The quantitative estimate of drug-likeness (QED) is 0.439. The minimum Gasteiger partial charge on any atom is -0.512 e. The highest BCUT2D eigenvalue weighted by molar-refractivity contribution is 4.95. The van der Waals surface area contributed by atoms with E-state index in [9.17, 15) is 0 Å². The van der Waals surface area contributed by atoms with E-state index in [0.29, 0.717) is 12.2 Å². The molecule has 0 radical (unpaired) electrons. The molecule has 0 amide bonds. The molecule has 1 heteroatoms. The number of rotatable bonds is 3. The van der Waals surface area contributed by atoms with Crippen molar-refractivity contribution in [1.29, 1.82) is 0 Å². The van der Waals surface area contributed by atoms with Crippen molar-refractivity contribution in [1.82, 2.24) is 0 Å². The van der Waals surface area contributed by atoms with Crippen molar-refractivity contribution < 1.29 is 5.11 Å². The second-order valence-electron chi connectivity index (χ2n) is 1.60. The third-order valence-corrected chi connectivity index (χ3v) is 0.793. The van der Waals surface area contributed by atoms with E-state index in [0.717, 1.165) is 6.42 Å². The highest BCUT2D eigenvalue weighted by Gasteiger charge is 1.82. The van der Waals surface area contributed by atoms with Gasteiger partial charge in [-0.25, -0.2) is 0 Å². The SMILES string of the molecule is C=CCC(O)=CCC. The van der Waals surface area contributed by atoms with Crippen LogP contribution in [0.5, 0.6) is 0 Å². The minimum atomic E-state index is 0.419. The summed E-state index contributed by atoms with van der Waals surface area (Å²) in [6, 6.07) is 0. The van der Waals surface area contributed by atoms with Crippen molar-refractivity contribution in [3.8, 4) is 0 Å². The van der Waals surface area contributed by atoms with Crippen molar-refractivity contribution in [2.24, 2.45) is 0 Å². The van der Waals surface area contributed by atoms with E-state index in [-0.39, 0.29) is 0 Å². The third kappa shape index (κ3) is 3.47. The molecule has 0 aliphatic heterocycles. The monoisotopic (exact) mass is 112 g/mol. The summed E-state index contributed by atoms with van der Waals surface area (Å²) < 4.78 is 0. The van der Waals surface area contributed by atoms with Crippen LogP contribution in [0.25, 0.3) is 0 Å². The van der Waals surface area contributed by atoms with Gasteiger partial charge in [-0.1, -0.05) is 13.0 Å². The molecule has 0 heterocycles. The van der Waals surface area contributed by atoms with Gasteiger partial charge in [0.15, 0.2) is 0 Å². The fraction of sp³-hybridized carbons (Fsp3) is 0.429. The molecule has 0 aliphatic rings. The van der Waals surface area contributed by atoms with E-state index in [1.165, 1.54) is 0 Å². The molecule has 0 fully saturated rings. The van der Waals surface area contributed by atoms with Crippen molar-refractivity contribution in [3.05, 3.63) is 24.5 Å². The fourth-order valence-corrected chi connectivity index (χ4v) is 0.467. The van der Waals surface area contributed by atoms with Crippen LogP contribution in [-0.2, 0) is 0 Å². The number of hydrogen-bond acceptors (Lipinski definition) is 1. The average molecular weight is 112 g/mol. The first-order valence-corrected chi connectivity index (χ1v) is 2.80. The molecule has 0 unspecified atom stereocenters. The average Bonchev–Trinajstić information content (AvgIpc) is 1.68. The summed E-state index contributed by atoms with van der Waals surface area (Å²) in [5, 5.41) is 8.84. The summed E-state index contributed by atoms with van der Waals surface area (Å²) in [6.45, 7) is 5.47. The number of aliphatic hydroxyl groups excluding tert-OH is 1. The van der Waals surface area contributed by atoms with Gasteiger partial charge in [0.1, 0.15) is 0 Å². The Hall–Kier alpha value is -0.720. The molecule has 1 nitrogen and oxygen atoms in total. The second-order valence-corrected chi connectivity index (χ2v) is 1.60. The van der Waals surface area contributed by atoms with Gasteiger partial charge >= 0.3 is 0 Å². The number of allylic oxidation sites excluding steroid dienone is 2. The van der Waals surface area contributed by atoms with Gasteiger partial charge in [0.25, 0.3) is 0 Å². The summed E-state index contributed by atoms with van der Waals surface area (Å²) in [5.41, 5.74) is 0. The van der Waals surface area contributed by atoms with Gasteiger partial charge in [-0.2, -0.15) is 0 Å². The molecule has 0 bridgehead atoms. The van der Waals surface area contributed by atoms with Gasteiger partial charge in [-0.3, -0.25) is 0 Å². The predicted octanol–water partition coefficient (Wildman–Crippen LogP) is 2.41. The van der Waals surface area contributed by atoms with Crippen molar-refractivity contribution in [2.75, 3.05) is 0 Å². The largest absolute Gasteiger partial charge is 0.512 e. The third-order valence-electron chi connectivity index (χ3n) is 0.793. The Morgan fingerprint density at radius 1 is 1.75 bits per heavy atom. The van der Waals surface area contributed by atoms with E-state index in [2.05, 4.69) is 6.58 Å². The number of aliphatic hydroxyl groups is 1. The van der Waals surface area contributed by atoms with E-state index in [1.807, 2.05) is 6.92 Å². The van der Waals surface area contributed by atoms with Crippen molar-refractivity contribution in [3.63, 3.8) is 0 Å². The lowest BCUT2D eigenvalue weighted by Gasteiger charge is -1.89. The maximum Gasteiger partial charge on any atom is 0.0920 e. The topological polar surface area (TPSA) is 20.2 Å². The summed E-state index contributed by atoms with van der Waals surface area (Å²) in [5.74, 6) is 0.419. The second kappa shape index (κ2) is 4.44. The smallest absolute Gasteiger partial charge is 0.0920 e. The van der Waals surface area contributed by atoms with Crippen LogP contribution in [0.2, 0.25) is 0 Å². The molecule has 1 N–H and O–H groups in total. The Morgan fingerprint density at radius 2 is 2.38 bits per heavy atom. The minimum absolute atomic E-state index is 0.419. The lowest BCUT2D eigenvalue weighted by Crippen LogP contribution is -1.74. The van der Waals surface area contributed by atoms with E-state index in [4.69, 9.17) is 5.11 Å². The molecule has 0 rings (SSSR count). The molecule has 0 aliphatic carbocycles. The van der Waals surface area contributed by atoms with Crippen molar-refractivity contribution in [2.45, 2.75) is 19.8 Å². The molecular formula is C7H12O. The Balaban J connectivity index is 3.44. The first kappa shape index (κ1) is 7.28. The fourth-order valence-electron chi connectivity index (χ4n) is 0.467. The molecule has 0 saturated heterocycles. The number of hydrogen-bond donors (Lipinski definition) is 1. The molecule has 8 heavy (non-hydrogen) atoms. The Labute approximate surface area is 50.3 Å². The molecule has 46 valence electrons. The van der Waals surface area contributed by atoms with Gasteiger partial charge in [-0.05, 0) is 12.5 Å². The summed E-state index contributed by atoms with van der Waals surface area (Å²) in [6.07, 6.45) is 4.94. The Kier molecular flexibility index (Phi) is 4.04. The zero-order chi connectivity index (χ0) is 6.41. The maximum absolute atomic E-state index is 8.84. The highest BCUT2D eigenvalue weighted by atomic mass is 16.3. The highest BCUT2D eigenvalue weighted by Crippen LogP contribution is 1.96. The van der Waals surface area contributed by atoms with Gasteiger partial charge in [-0.15, -0.1) is 6.58 Å². The Bertz CT molecular complexity index is 92.6. The van der Waals surface area contributed by atoms with Crippen LogP contribution in [0.1, 0.15) is 19.8 Å². The standard InChI is InChI=1S/C7H12O/c1-3-5-7(8)6-4-2/h3,6,8H,1,4-5H2,2H3. The van der Waals surface area contributed by atoms with Crippen LogP contribution in [0.15, 0.2) is 24.5 Å². The summed E-state index contributed by atoms with van der Waals surface area (Å²) >= 11 is 0. The van der Waals surface area contributed by atoms with Crippen molar-refractivity contribution >= 4 is 0 Å². The lowest BCUT2D eigenvalue weighted by atomic mass is 10.3. The molecule has 0 aromatic rings. The van der Waals surface area contributed by atoms with Crippen LogP contribution in [0, 0.1) is 0 Å². The van der Waals surface area contributed by atoms with Crippen LogP contribution in [0.3, 0.4) is 0 Å². The first-order valence-electron chi connectivity index (χ1n) is 2.80. The zero-order valence-electron chi connectivity index (χ0n) is 5.22. The van der Waals surface area contributed by atoms with Crippen LogP contribution in [-0.4, -0.2) is 5.11 Å². The molecular weight excluding hydrogens is 100 g/mol. The van der Waals surface area contributed by atoms with Crippen LogP contribution in [0.4, 0.5) is 0 Å². The van der Waals surface area contributed by atoms with Gasteiger partial charge in [0.2, 0.25) is 0 Å². The van der Waals surface area contributed by atoms with Gasteiger partial charge < -0.3 is 5.11 Å². The first-order chi connectivity index (χ1) is 3.81. The molecule has 0 atom stereocenters. The lowest BCUT2D eigenvalue weighted by molar-refractivity contribution is 0.399. The molecule has 0 aromatic carbocycles. The molecule has 0 saturated carbocycles. The molecule has 0 aromatic heterocycles. The maximum atomic E-state index is 8.84. The van der Waals surface area contributed by atoms with E-state index in [1.54, 1.807) is 12.2 Å². The zero-order valence-corrected chi connectivity index (χ0v) is 5.22. The predicted molar refractivity (Wildman–Crippen MR) is 35.8 cm³/mol. The van der Waals surface area contributed by atoms with Gasteiger partial charge in [0, 0.05) is 6.42 Å². The molecule has 0 spiro atoms. The Morgan fingerprint density at radius 3 is 2.75 bits per heavy atom. The van der Waals surface area contributed by atoms with Crippen LogP contribution >= 0.6 is 0 Å². The normalized spacial score (nSPS) is 11.4. The van der Waals surface area contributed by atoms with E-state index < -0.39 is 0 Å². The van der Waals surface area contributed by atoms with Gasteiger partial charge in [0.05, 0.1) is 5.76 Å².